The van der Waals surface area contributed by atoms with E-state index in [9.17, 15) is 14.4 Å². The molecule has 1 saturated heterocycles. The summed E-state index contributed by atoms with van der Waals surface area (Å²) in [5, 5.41) is 2.79. The SMILES string of the molecule is Cc1ccc(C(=O)NCc2ccccc2CN2CCCC2=O)c(=O)[nH]1. The maximum absolute atomic E-state index is 12.3. The van der Waals surface area contributed by atoms with E-state index in [1.54, 1.807) is 13.0 Å². The summed E-state index contributed by atoms with van der Waals surface area (Å²) < 4.78 is 0. The van der Waals surface area contributed by atoms with Crippen LogP contribution in [0.5, 0.6) is 0 Å². The van der Waals surface area contributed by atoms with Gasteiger partial charge in [-0.15, -0.1) is 0 Å². The fraction of sp³-hybridized carbons (Fsp3) is 0.316. The van der Waals surface area contributed by atoms with Crippen molar-refractivity contribution < 1.29 is 9.59 Å². The Hall–Kier alpha value is -2.89. The molecule has 25 heavy (non-hydrogen) atoms. The molecule has 1 aliphatic rings. The number of hydrogen-bond donors (Lipinski definition) is 2. The standard InChI is InChI=1S/C19H21N3O3/c1-13-8-9-16(19(25)21-13)18(24)20-11-14-5-2-3-6-15(14)12-22-10-4-7-17(22)23/h2-3,5-6,8-9H,4,7,10-12H2,1H3,(H,20,24)(H,21,25). The predicted octanol–water partition coefficient (Wildman–Crippen LogP) is 1.74. The molecule has 1 aromatic carbocycles. The van der Waals surface area contributed by atoms with Gasteiger partial charge in [-0.1, -0.05) is 24.3 Å². The predicted molar refractivity (Wildman–Crippen MR) is 94.1 cm³/mol. The highest BCUT2D eigenvalue weighted by atomic mass is 16.2. The largest absolute Gasteiger partial charge is 0.348 e. The average Bonchev–Trinajstić information content (AvgIpc) is 2.99. The number of carbonyl (C=O) groups excluding carboxylic acids is 2. The van der Waals surface area contributed by atoms with Crippen LogP contribution >= 0.6 is 0 Å². The molecule has 0 atom stereocenters. The second-order valence-corrected chi connectivity index (χ2v) is 6.25. The van der Waals surface area contributed by atoms with E-state index in [2.05, 4.69) is 10.3 Å². The van der Waals surface area contributed by atoms with Crippen LogP contribution in [0.25, 0.3) is 0 Å². The quantitative estimate of drug-likeness (QED) is 0.870. The first-order valence-corrected chi connectivity index (χ1v) is 8.37. The average molecular weight is 339 g/mol. The molecule has 130 valence electrons. The number of nitrogens with zero attached hydrogens (tertiary/aromatic N) is 1. The fourth-order valence-electron chi connectivity index (χ4n) is 2.98. The van der Waals surface area contributed by atoms with Crippen LogP contribution in [0.4, 0.5) is 0 Å². The number of amides is 2. The molecule has 3 rings (SSSR count). The molecule has 2 heterocycles. The van der Waals surface area contributed by atoms with Gasteiger partial charge in [0.2, 0.25) is 5.91 Å². The van der Waals surface area contributed by atoms with Crippen LogP contribution in [0.15, 0.2) is 41.2 Å². The minimum atomic E-state index is -0.409. The van der Waals surface area contributed by atoms with Crippen LogP contribution in [0.3, 0.4) is 0 Å². The Bertz CT molecular complexity index is 857. The van der Waals surface area contributed by atoms with Crippen molar-refractivity contribution in [2.45, 2.75) is 32.9 Å². The zero-order chi connectivity index (χ0) is 17.8. The second kappa shape index (κ2) is 7.34. The maximum Gasteiger partial charge on any atom is 0.260 e. The number of aryl methyl sites for hydroxylation is 1. The van der Waals surface area contributed by atoms with Gasteiger partial charge >= 0.3 is 0 Å². The first-order valence-electron chi connectivity index (χ1n) is 8.37. The molecule has 2 aromatic rings. The molecule has 0 bridgehead atoms. The van der Waals surface area contributed by atoms with Gasteiger partial charge in [-0.25, -0.2) is 0 Å². The summed E-state index contributed by atoms with van der Waals surface area (Å²) in [6.45, 7) is 3.40. The molecule has 1 aromatic heterocycles. The van der Waals surface area contributed by atoms with E-state index in [0.29, 0.717) is 25.2 Å². The Balaban J connectivity index is 1.69. The lowest BCUT2D eigenvalue weighted by atomic mass is 10.1. The molecule has 1 fully saturated rings. The molecule has 0 radical (unpaired) electrons. The lowest BCUT2D eigenvalue weighted by Gasteiger charge is -2.18. The van der Waals surface area contributed by atoms with Gasteiger partial charge in [-0.3, -0.25) is 14.4 Å². The number of aromatic nitrogens is 1. The van der Waals surface area contributed by atoms with Gasteiger partial charge < -0.3 is 15.2 Å². The van der Waals surface area contributed by atoms with Crippen molar-refractivity contribution in [3.8, 4) is 0 Å². The number of H-pyrrole nitrogens is 1. The normalized spacial score (nSPS) is 14.0. The Morgan fingerprint density at radius 3 is 2.60 bits per heavy atom. The Morgan fingerprint density at radius 1 is 1.16 bits per heavy atom. The van der Waals surface area contributed by atoms with Crippen LogP contribution in [-0.2, 0) is 17.9 Å². The Morgan fingerprint density at radius 2 is 1.92 bits per heavy atom. The summed E-state index contributed by atoms with van der Waals surface area (Å²) in [5.74, 6) is -0.238. The smallest absolute Gasteiger partial charge is 0.260 e. The van der Waals surface area contributed by atoms with Crippen LogP contribution in [0.2, 0.25) is 0 Å². The second-order valence-electron chi connectivity index (χ2n) is 6.25. The molecule has 0 unspecified atom stereocenters. The molecular formula is C19H21N3O3. The summed E-state index contributed by atoms with van der Waals surface area (Å²) >= 11 is 0. The lowest BCUT2D eigenvalue weighted by Crippen LogP contribution is -2.30. The van der Waals surface area contributed by atoms with Crippen LogP contribution < -0.4 is 10.9 Å². The van der Waals surface area contributed by atoms with E-state index in [4.69, 9.17) is 0 Å². The first-order chi connectivity index (χ1) is 12.0. The number of likely N-dealkylation sites (tertiary alicyclic amines) is 1. The number of pyridine rings is 1. The minimum absolute atomic E-state index is 0.0952. The summed E-state index contributed by atoms with van der Waals surface area (Å²) in [7, 11) is 0. The zero-order valence-electron chi connectivity index (χ0n) is 14.2. The van der Waals surface area contributed by atoms with Gasteiger partial charge in [0.25, 0.3) is 11.5 Å². The molecule has 0 saturated carbocycles. The van der Waals surface area contributed by atoms with Crippen molar-refractivity contribution >= 4 is 11.8 Å². The lowest BCUT2D eigenvalue weighted by molar-refractivity contribution is -0.128. The highest BCUT2D eigenvalue weighted by Gasteiger charge is 2.21. The fourth-order valence-corrected chi connectivity index (χ4v) is 2.98. The van der Waals surface area contributed by atoms with Gasteiger partial charge in [0.1, 0.15) is 5.56 Å². The number of hydrogen-bond acceptors (Lipinski definition) is 3. The highest BCUT2D eigenvalue weighted by Crippen LogP contribution is 2.17. The van der Waals surface area contributed by atoms with Crippen LogP contribution in [0, 0.1) is 6.92 Å². The minimum Gasteiger partial charge on any atom is -0.348 e. The molecule has 0 spiro atoms. The third-order valence-corrected chi connectivity index (χ3v) is 4.39. The van der Waals surface area contributed by atoms with E-state index in [0.717, 1.165) is 24.1 Å². The summed E-state index contributed by atoms with van der Waals surface area (Å²) in [4.78, 5) is 40.4. The van der Waals surface area contributed by atoms with Crippen molar-refractivity contribution in [2.24, 2.45) is 0 Å². The topological polar surface area (TPSA) is 82.3 Å². The highest BCUT2D eigenvalue weighted by molar-refractivity contribution is 5.93. The molecule has 0 aliphatic carbocycles. The van der Waals surface area contributed by atoms with Gasteiger partial charge in [0.05, 0.1) is 0 Å². The third-order valence-electron chi connectivity index (χ3n) is 4.39. The Kier molecular flexibility index (Phi) is 4.97. The van der Waals surface area contributed by atoms with Gasteiger partial charge in [-0.2, -0.15) is 0 Å². The van der Waals surface area contributed by atoms with Gasteiger partial charge in [0.15, 0.2) is 0 Å². The summed E-state index contributed by atoms with van der Waals surface area (Å²) in [5.41, 5.74) is 2.36. The molecule has 2 amide bonds. The molecule has 6 nitrogen and oxygen atoms in total. The van der Waals surface area contributed by atoms with Crippen molar-refractivity contribution in [1.82, 2.24) is 15.2 Å². The molecule has 6 heteroatoms. The van der Waals surface area contributed by atoms with Crippen molar-refractivity contribution in [2.75, 3.05) is 6.54 Å². The zero-order valence-corrected chi connectivity index (χ0v) is 14.2. The van der Waals surface area contributed by atoms with E-state index < -0.39 is 11.5 Å². The van der Waals surface area contributed by atoms with Gasteiger partial charge in [0, 0.05) is 31.7 Å². The Labute approximate surface area is 145 Å². The number of nitrogens with one attached hydrogen (secondary N) is 2. The molecule has 1 aliphatic heterocycles. The molecular weight excluding hydrogens is 318 g/mol. The van der Waals surface area contributed by atoms with E-state index in [-0.39, 0.29) is 11.5 Å². The number of carbonyl (C=O) groups is 2. The van der Waals surface area contributed by atoms with Crippen LogP contribution in [0.1, 0.15) is 40.0 Å². The monoisotopic (exact) mass is 339 g/mol. The molecule has 2 N–H and O–H groups in total. The van der Waals surface area contributed by atoms with Crippen molar-refractivity contribution in [1.29, 1.82) is 0 Å². The van der Waals surface area contributed by atoms with Crippen molar-refractivity contribution in [3.63, 3.8) is 0 Å². The van der Waals surface area contributed by atoms with Crippen molar-refractivity contribution in [3.05, 3.63) is 69.1 Å². The van der Waals surface area contributed by atoms with E-state index in [1.165, 1.54) is 6.07 Å². The third kappa shape index (κ3) is 3.96. The number of rotatable bonds is 5. The van der Waals surface area contributed by atoms with Gasteiger partial charge in [-0.05, 0) is 36.6 Å². The summed E-state index contributed by atoms with van der Waals surface area (Å²) in [6, 6.07) is 10.9. The van der Waals surface area contributed by atoms with E-state index >= 15 is 0 Å². The van der Waals surface area contributed by atoms with E-state index in [1.807, 2.05) is 29.2 Å². The number of aromatic amines is 1. The summed E-state index contributed by atoms with van der Waals surface area (Å²) in [6.07, 6.45) is 1.50. The van der Waals surface area contributed by atoms with Crippen LogP contribution in [-0.4, -0.2) is 28.2 Å². The first kappa shape index (κ1) is 17.0. The maximum atomic E-state index is 12.3. The number of benzene rings is 1.